The van der Waals surface area contributed by atoms with Crippen LogP contribution in [-0.4, -0.2) is 44.6 Å². The van der Waals surface area contributed by atoms with Gasteiger partial charge in [0.1, 0.15) is 0 Å². The van der Waals surface area contributed by atoms with Crippen molar-refractivity contribution >= 4 is 0 Å². The van der Waals surface area contributed by atoms with Crippen molar-refractivity contribution in [2.24, 2.45) is 0 Å². The average molecular weight is 242 g/mol. The molecule has 0 unspecified atom stereocenters. The summed E-state index contributed by atoms with van der Waals surface area (Å²) in [7, 11) is 1.82. The normalized spacial score (nSPS) is 18.4. The number of nitrogens with zero attached hydrogens (tertiary/aromatic N) is 1. The van der Waals surface area contributed by atoms with Crippen molar-refractivity contribution in [1.82, 2.24) is 0 Å². The van der Waals surface area contributed by atoms with Crippen molar-refractivity contribution < 1.29 is 22.4 Å². The van der Waals surface area contributed by atoms with Crippen LogP contribution >= 0.6 is 0 Å². The Hall–Kier alpha value is -0.290. The molecule has 0 saturated carbocycles. The summed E-state index contributed by atoms with van der Waals surface area (Å²) in [6.45, 7) is 3.53. The average Bonchev–Trinajstić information content (AvgIpc) is 2.64. The molecule has 0 radical (unpaired) electrons. The molecule has 0 aromatic rings. The second-order valence-electron chi connectivity index (χ2n) is 4.24. The number of unbranched alkanes of at least 4 members (excludes halogenated alkanes) is 1. The number of likely N-dealkylation sites (tertiary alicyclic amines) is 1. The highest BCUT2D eigenvalue weighted by molar-refractivity contribution is 4.52. The maximum absolute atomic E-state index is 9.67. The summed E-state index contributed by atoms with van der Waals surface area (Å²) >= 11 is 0. The summed E-state index contributed by atoms with van der Waals surface area (Å²) in [5.41, 5.74) is 0. The highest BCUT2D eigenvalue weighted by Gasteiger charge is 2.30. The fraction of sp³-hybridized carbons (Fsp3) is 1.00. The summed E-state index contributed by atoms with van der Waals surface area (Å²) in [5, 5.41) is 0. The number of hydrogen-bond acceptors (Lipinski definition) is 1. The molecule has 1 aliphatic heterocycles. The first-order valence-electron chi connectivity index (χ1n) is 5.82. The van der Waals surface area contributed by atoms with Crippen molar-refractivity contribution in [3.05, 3.63) is 0 Å². The fourth-order valence-corrected chi connectivity index (χ4v) is 2.19. The van der Waals surface area contributed by atoms with Gasteiger partial charge in [0.05, 0.1) is 19.6 Å². The maximum atomic E-state index is 9.67. The summed E-state index contributed by atoms with van der Waals surface area (Å²) < 4.78 is 35.5. The van der Waals surface area contributed by atoms with E-state index < -0.39 is 6.68 Å². The fourth-order valence-electron chi connectivity index (χ4n) is 2.19. The largest absolute Gasteiger partial charge is 0.379 e. The second kappa shape index (κ2) is 8.82. The van der Waals surface area contributed by atoms with Gasteiger partial charge < -0.3 is 9.22 Å². The molecule has 16 heavy (non-hydrogen) atoms. The monoisotopic (exact) mass is 242 g/mol. The van der Waals surface area contributed by atoms with Crippen molar-refractivity contribution in [1.29, 1.82) is 0 Å². The summed E-state index contributed by atoms with van der Waals surface area (Å²) in [4.78, 5) is 0. The van der Waals surface area contributed by atoms with Gasteiger partial charge >= 0.3 is 6.68 Å². The van der Waals surface area contributed by atoms with Crippen LogP contribution < -0.4 is 0 Å². The Morgan fingerprint density at radius 3 is 2.06 bits per heavy atom. The summed E-state index contributed by atoms with van der Waals surface area (Å²) in [5.74, 6) is 0. The maximum Gasteiger partial charge on any atom is 0.379 e. The lowest BCUT2D eigenvalue weighted by atomic mass is 10.3. The number of methoxy groups -OCH3 is 1. The Kier molecular flexibility index (Phi) is 8.66. The smallest absolute Gasteiger partial charge is 0.335 e. The number of halogens is 3. The first kappa shape index (κ1) is 15.7. The number of ether oxygens (including phenoxy) is 1. The topological polar surface area (TPSA) is 9.23 Å². The van der Waals surface area contributed by atoms with Crippen molar-refractivity contribution in [3.63, 3.8) is 0 Å². The molecule has 1 saturated heterocycles. The van der Waals surface area contributed by atoms with Crippen LogP contribution in [0.15, 0.2) is 0 Å². The van der Waals surface area contributed by atoms with Crippen LogP contribution in [0.5, 0.6) is 0 Å². The summed E-state index contributed by atoms with van der Waals surface area (Å²) in [6, 6.07) is 0. The molecule has 0 aromatic heterocycles. The zero-order valence-corrected chi connectivity index (χ0v) is 10.2. The van der Waals surface area contributed by atoms with Crippen LogP contribution in [0.25, 0.3) is 0 Å². The standard InChI is InChI=1S/C10H22NO.CHF3/c1-3-4-7-11(10-12-2)8-5-6-9-11;2-1(3)4/h3-10H2,1-2H3;1H/q+1;. The molecule has 0 spiro atoms. The van der Waals surface area contributed by atoms with Crippen LogP contribution in [0.1, 0.15) is 32.6 Å². The molecule has 0 aliphatic carbocycles. The van der Waals surface area contributed by atoms with Gasteiger partial charge in [-0.15, -0.1) is 0 Å². The third kappa shape index (κ3) is 7.06. The quantitative estimate of drug-likeness (QED) is 0.673. The van der Waals surface area contributed by atoms with Gasteiger partial charge in [-0.3, -0.25) is 0 Å². The lowest BCUT2D eigenvalue weighted by Crippen LogP contribution is -2.47. The highest BCUT2D eigenvalue weighted by atomic mass is 19.4. The van der Waals surface area contributed by atoms with Crippen LogP contribution in [0, 0.1) is 0 Å². The molecule has 1 heterocycles. The van der Waals surface area contributed by atoms with E-state index in [0.29, 0.717) is 0 Å². The van der Waals surface area contributed by atoms with E-state index in [1.54, 1.807) is 0 Å². The zero-order valence-electron chi connectivity index (χ0n) is 10.2. The molecule has 0 aromatic carbocycles. The van der Waals surface area contributed by atoms with E-state index in [2.05, 4.69) is 6.92 Å². The predicted molar refractivity (Wildman–Crippen MR) is 58.0 cm³/mol. The molecule has 98 valence electrons. The molecule has 1 aliphatic rings. The Bertz CT molecular complexity index is 159. The van der Waals surface area contributed by atoms with E-state index in [4.69, 9.17) is 4.74 Å². The van der Waals surface area contributed by atoms with Crippen molar-refractivity contribution in [2.75, 3.05) is 33.5 Å². The van der Waals surface area contributed by atoms with Crippen LogP contribution in [0.2, 0.25) is 0 Å². The zero-order chi connectivity index (χ0) is 12.4. The Morgan fingerprint density at radius 1 is 1.19 bits per heavy atom. The van der Waals surface area contributed by atoms with Gasteiger partial charge in [0.25, 0.3) is 0 Å². The lowest BCUT2D eigenvalue weighted by Gasteiger charge is -2.33. The third-order valence-corrected chi connectivity index (χ3v) is 2.90. The number of hydrogen-bond donors (Lipinski definition) is 0. The molecule has 0 N–H and O–H groups in total. The van der Waals surface area contributed by atoms with Gasteiger partial charge in [0.15, 0.2) is 6.73 Å². The second-order valence-corrected chi connectivity index (χ2v) is 4.24. The number of quaternary nitrogens is 1. The predicted octanol–water partition coefficient (Wildman–Crippen LogP) is 3.18. The molecular weight excluding hydrogens is 219 g/mol. The van der Waals surface area contributed by atoms with E-state index in [9.17, 15) is 13.2 Å². The van der Waals surface area contributed by atoms with Gasteiger partial charge in [0, 0.05) is 20.0 Å². The molecular formula is C11H23F3NO+. The minimum atomic E-state index is -3.67. The SMILES string of the molecule is CCCC[N+]1(COC)CCCC1.FC(F)F. The van der Waals surface area contributed by atoms with E-state index in [-0.39, 0.29) is 0 Å². The van der Waals surface area contributed by atoms with Crippen LogP contribution in [-0.2, 0) is 4.74 Å². The summed E-state index contributed by atoms with van der Waals surface area (Å²) in [6.07, 6.45) is 5.45. The third-order valence-electron chi connectivity index (χ3n) is 2.90. The van der Waals surface area contributed by atoms with Gasteiger partial charge in [-0.1, -0.05) is 13.3 Å². The molecule has 0 atom stereocenters. The van der Waals surface area contributed by atoms with Crippen LogP contribution in [0.4, 0.5) is 13.2 Å². The minimum Gasteiger partial charge on any atom is -0.335 e. The Labute approximate surface area is 96.0 Å². The number of alkyl halides is 3. The first-order valence-corrected chi connectivity index (χ1v) is 5.82. The van der Waals surface area contributed by atoms with Gasteiger partial charge in [0.2, 0.25) is 0 Å². The van der Waals surface area contributed by atoms with E-state index in [0.717, 1.165) is 6.73 Å². The van der Waals surface area contributed by atoms with E-state index >= 15 is 0 Å². The molecule has 0 bridgehead atoms. The van der Waals surface area contributed by atoms with Gasteiger partial charge in [-0.05, 0) is 6.42 Å². The van der Waals surface area contributed by atoms with E-state index in [1.165, 1.54) is 49.8 Å². The molecule has 1 fully saturated rings. The molecule has 5 heteroatoms. The molecule has 0 amide bonds. The lowest BCUT2D eigenvalue weighted by molar-refractivity contribution is -0.934. The Balaban J connectivity index is 0.000000487. The van der Waals surface area contributed by atoms with Crippen molar-refractivity contribution in [3.8, 4) is 0 Å². The minimum absolute atomic E-state index is 0.931. The van der Waals surface area contributed by atoms with Gasteiger partial charge in [-0.25, -0.2) is 0 Å². The first-order chi connectivity index (χ1) is 7.56. The van der Waals surface area contributed by atoms with E-state index in [1.807, 2.05) is 7.11 Å². The van der Waals surface area contributed by atoms with Gasteiger partial charge in [-0.2, -0.15) is 13.2 Å². The number of rotatable bonds is 5. The Morgan fingerprint density at radius 2 is 1.69 bits per heavy atom. The van der Waals surface area contributed by atoms with Crippen LogP contribution in [0.3, 0.4) is 0 Å². The highest BCUT2D eigenvalue weighted by Crippen LogP contribution is 2.20. The molecule has 1 rings (SSSR count). The van der Waals surface area contributed by atoms with Crippen molar-refractivity contribution in [2.45, 2.75) is 39.3 Å². The molecule has 2 nitrogen and oxygen atoms in total.